The Hall–Kier alpha value is -3.02. The van der Waals surface area contributed by atoms with Crippen LogP contribution in [0.4, 0.5) is 5.69 Å². The van der Waals surface area contributed by atoms with Crippen molar-refractivity contribution in [1.29, 1.82) is 0 Å². The van der Waals surface area contributed by atoms with Crippen LogP contribution in [0.3, 0.4) is 0 Å². The van der Waals surface area contributed by atoms with Gasteiger partial charge in [0.15, 0.2) is 5.17 Å². The first-order valence-electron chi connectivity index (χ1n) is 10.4. The first-order valence-corrected chi connectivity index (χ1v) is 12.0. The lowest BCUT2D eigenvalue weighted by Crippen LogP contribution is -2.27. The lowest BCUT2D eigenvalue weighted by Gasteiger charge is -2.25. The SMILES string of the molecule is CSC(=Nc1cnn(Cc2ccccc2Cl)c1)N(Cc1ccccc1)Cc1ccccc1. The predicted molar refractivity (Wildman–Crippen MR) is 136 cm³/mol. The maximum absolute atomic E-state index is 6.30. The van der Waals surface area contributed by atoms with E-state index >= 15 is 0 Å². The molecule has 0 N–H and O–H groups in total. The van der Waals surface area contributed by atoms with Gasteiger partial charge in [-0.25, -0.2) is 4.99 Å². The highest BCUT2D eigenvalue weighted by atomic mass is 35.5. The number of benzene rings is 3. The molecule has 6 heteroatoms. The third-order valence-corrected chi connectivity index (χ3v) is 6.10. The second-order valence-corrected chi connectivity index (χ2v) is 8.59. The molecule has 4 aromatic rings. The number of nitrogens with zero attached hydrogens (tertiary/aromatic N) is 4. The Morgan fingerprint density at radius 1 is 0.906 bits per heavy atom. The molecule has 1 heterocycles. The fourth-order valence-electron chi connectivity index (χ4n) is 3.45. The molecule has 4 nitrogen and oxygen atoms in total. The fraction of sp³-hybridized carbons (Fsp3) is 0.154. The van der Waals surface area contributed by atoms with Gasteiger partial charge in [0.25, 0.3) is 0 Å². The van der Waals surface area contributed by atoms with Gasteiger partial charge >= 0.3 is 0 Å². The third kappa shape index (κ3) is 6.02. The first kappa shape index (κ1) is 22.2. The largest absolute Gasteiger partial charge is 0.343 e. The zero-order valence-corrected chi connectivity index (χ0v) is 19.5. The number of thioether (sulfide) groups is 1. The molecule has 0 amide bonds. The maximum Gasteiger partial charge on any atom is 0.164 e. The van der Waals surface area contributed by atoms with Crippen LogP contribution in [-0.2, 0) is 19.6 Å². The summed E-state index contributed by atoms with van der Waals surface area (Å²) in [6.45, 7) is 2.17. The lowest BCUT2D eigenvalue weighted by molar-refractivity contribution is 0.415. The molecule has 0 aliphatic rings. The van der Waals surface area contributed by atoms with Crippen LogP contribution in [0.25, 0.3) is 0 Å². The average Bonchev–Trinajstić information content (AvgIpc) is 3.27. The molecule has 0 unspecified atom stereocenters. The highest BCUT2D eigenvalue weighted by Crippen LogP contribution is 2.21. The molecule has 0 radical (unpaired) electrons. The van der Waals surface area contributed by atoms with E-state index in [0.717, 1.165) is 34.5 Å². The topological polar surface area (TPSA) is 33.4 Å². The quantitative estimate of drug-likeness (QED) is 0.229. The van der Waals surface area contributed by atoms with E-state index in [4.69, 9.17) is 16.6 Å². The van der Waals surface area contributed by atoms with Crippen LogP contribution in [0.1, 0.15) is 16.7 Å². The molecule has 0 fully saturated rings. The minimum atomic E-state index is 0.613. The summed E-state index contributed by atoms with van der Waals surface area (Å²) in [5, 5.41) is 6.19. The van der Waals surface area contributed by atoms with Crippen molar-refractivity contribution in [1.82, 2.24) is 14.7 Å². The first-order chi connectivity index (χ1) is 15.7. The van der Waals surface area contributed by atoms with Crippen LogP contribution < -0.4 is 0 Å². The van der Waals surface area contributed by atoms with Crippen molar-refractivity contribution in [2.75, 3.05) is 6.26 Å². The lowest BCUT2D eigenvalue weighted by atomic mass is 10.2. The van der Waals surface area contributed by atoms with Gasteiger partial charge in [0, 0.05) is 18.1 Å². The third-order valence-electron chi connectivity index (χ3n) is 5.02. The van der Waals surface area contributed by atoms with Crippen LogP contribution >= 0.6 is 23.4 Å². The van der Waals surface area contributed by atoms with E-state index in [1.165, 1.54) is 11.1 Å². The Labute approximate surface area is 198 Å². The second-order valence-electron chi connectivity index (χ2n) is 7.41. The zero-order valence-electron chi connectivity index (χ0n) is 17.9. The van der Waals surface area contributed by atoms with Crippen LogP contribution in [0.2, 0.25) is 5.02 Å². The minimum absolute atomic E-state index is 0.613. The summed E-state index contributed by atoms with van der Waals surface area (Å²) in [5.41, 5.74) is 4.36. The predicted octanol–water partition coefficient (Wildman–Crippen LogP) is 6.64. The molecule has 0 aliphatic heterocycles. The smallest absolute Gasteiger partial charge is 0.164 e. The summed E-state index contributed by atoms with van der Waals surface area (Å²) >= 11 is 7.95. The molecular weight excluding hydrogens is 436 g/mol. The molecule has 0 saturated carbocycles. The summed E-state index contributed by atoms with van der Waals surface area (Å²) in [5.74, 6) is 0. The van der Waals surface area contributed by atoms with E-state index in [1.54, 1.807) is 18.0 Å². The van der Waals surface area contributed by atoms with Gasteiger partial charge in [-0.15, -0.1) is 0 Å². The highest BCUT2D eigenvalue weighted by Gasteiger charge is 2.13. The molecule has 162 valence electrons. The maximum atomic E-state index is 6.30. The molecule has 0 spiro atoms. The van der Waals surface area contributed by atoms with E-state index in [0.29, 0.717) is 6.54 Å². The van der Waals surface area contributed by atoms with Gasteiger partial charge in [-0.3, -0.25) is 4.68 Å². The molecule has 0 atom stereocenters. The Kier molecular flexibility index (Phi) is 7.64. The van der Waals surface area contributed by atoms with Gasteiger partial charge in [-0.1, -0.05) is 102 Å². The number of aromatic nitrogens is 2. The number of rotatable bonds is 7. The fourth-order valence-corrected chi connectivity index (χ4v) is 4.23. The molecule has 3 aromatic carbocycles. The van der Waals surface area contributed by atoms with Crippen molar-refractivity contribution in [2.24, 2.45) is 4.99 Å². The number of aliphatic imine (C=N–C) groups is 1. The van der Waals surface area contributed by atoms with Crippen LogP contribution in [0, 0.1) is 0 Å². The van der Waals surface area contributed by atoms with Gasteiger partial charge in [0.05, 0.1) is 18.9 Å². The van der Waals surface area contributed by atoms with Crippen LogP contribution in [0.15, 0.2) is 102 Å². The van der Waals surface area contributed by atoms with E-state index in [2.05, 4.69) is 64.8 Å². The standard InChI is InChI=1S/C26H25ClN4S/c1-32-26(29-24-16-28-31(20-24)19-23-14-8-9-15-25(23)27)30(17-21-10-4-2-5-11-21)18-22-12-6-3-7-13-22/h2-16,20H,17-19H2,1H3. The zero-order chi connectivity index (χ0) is 22.2. The van der Waals surface area contributed by atoms with Crippen molar-refractivity contribution in [3.8, 4) is 0 Å². The van der Waals surface area contributed by atoms with Crippen molar-refractivity contribution < 1.29 is 0 Å². The summed E-state index contributed by atoms with van der Waals surface area (Å²) in [7, 11) is 0. The summed E-state index contributed by atoms with van der Waals surface area (Å²) in [6, 6.07) is 28.8. The Balaban J connectivity index is 1.57. The summed E-state index contributed by atoms with van der Waals surface area (Å²) in [6.07, 6.45) is 5.83. The number of hydrogen-bond donors (Lipinski definition) is 0. The molecule has 0 saturated heterocycles. The van der Waals surface area contributed by atoms with Gasteiger partial charge in [-0.05, 0) is 29.0 Å². The van der Waals surface area contributed by atoms with Crippen molar-refractivity contribution in [3.05, 3.63) is 119 Å². The summed E-state index contributed by atoms with van der Waals surface area (Å²) < 4.78 is 1.87. The average molecular weight is 461 g/mol. The van der Waals surface area contributed by atoms with E-state index in [9.17, 15) is 0 Å². The normalized spacial score (nSPS) is 11.5. The second kappa shape index (κ2) is 11.0. The van der Waals surface area contributed by atoms with Gasteiger partial charge in [0.1, 0.15) is 5.69 Å². The van der Waals surface area contributed by atoms with Gasteiger partial charge < -0.3 is 4.90 Å². The van der Waals surface area contributed by atoms with Crippen molar-refractivity contribution in [3.63, 3.8) is 0 Å². The van der Waals surface area contributed by atoms with Crippen molar-refractivity contribution >= 4 is 34.2 Å². The monoisotopic (exact) mass is 460 g/mol. The van der Waals surface area contributed by atoms with Crippen LogP contribution in [0.5, 0.6) is 0 Å². The summed E-state index contributed by atoms with van der Waals surface area (Å²) in [4.78, 5) is 7.25. The van der Waals surface area contributed by atoms with Gasteiger partial charge in [0.2, 0.25) is 0 Å². The Morgan fingerprint density at radius 3 is 2.09 bits per heavy atom. The minimum Gasteiger partial charge on any atom is -0.343 e. The van der Waals surface area contributed by atoms with Crippen molar-refractivity contribution in [2.45, 2.75) is 19.6 Å². The molecule has 0 aliphatic carbocycles. The molecule has 4 rings (SSSR count). The number of amidine groups is 1. The number of hydrogen-bond acceptors (Lipinski definition) is 3. The molecular formula is C26H25ClN4S. The van der Waals surface area contributed by atoms with Gasteiger partial charge in [-0.2, -0.15) is 5.10 Å². The Bertz CT molecular complexity index is 1120. The number of halogens is 1. The molecule has 1 aromatic heterocycles. The molecule has 0 bridgehead atoms. The molecule has 32 heavy (non-hydrogen) atoms. The van der Waals surface area contributed by atoms with Crippen LogP contribution in [-0.4, -0.2) is 26.1 Å². The van der Waals surface area contributed by atoms with E-state index in [1.807, 2.05) is 47.3 Å². The van der Waals surface area contributed by atoms with E-state index in [-0.39, 0.29) is 0 Å². The highest BCUT2D eigenvalue weighted by molar-refractivity contribution is 8.13. The Morgan fingerprint density at radius 2 is 1.50 bits per heavy atom. The van der Waals surface area contributed by atoms with E-state index < -0.39 is 0 Å².